The van der Waals surface area contributed by atoms with Crippen LogP contribution in [0.3, 0.4) is 0 Å². The van der Waals surface area contributed by atoms with Crippen LogP contribution >= 0.6 is 11.6 Å². The molecule has 1 aromatic carbocycles. The van der Waals surface area contributed by atoms with Gasteiger partial charge in [-0.05, 0) is 31.2 Å². The van der Waals surface area contributed by atoms with Gasteiger partial charge in [-0.1, -0.05) is 31.2 Å². The van der Waals surface area contributed by atoms with E-state index >= 15 is 0 Å². The Bertz CT molecular complexity index is 1350. The molecule has 2 aromatic heterocycles. The van der Waals surface area contributed by atoms with E-state index in [2.05, 4.69) is 35.0 Å². The zero-order valence-electron chi connectivity index (χ0n) is 22.6. The molecule has 0 spiro atoms. The average molecular weight is 599 g/mol. The van der Waals surface area contributed by atoms with E-state index in [9.17, 15) is 22.4 Å². The second kappa shape index (κ2) is 13.0. The van der Waals surface area contributed by atoms with E-state index in [-0.39, 0.29) is 47.8 Å². The third-order valence-electron chi connectivity index (χ3n) is 5.79. The first-order valence-corrected chi connectivity index (χ1v) is 16.6. The molecular weight excluding hydrogens is 568 g/mol. The van der Waals surface area contributed by atoms with Crippen molar-refractivity contribution in [1.82, 2.24) is 24.6 Å². The number of nitriles is 1. The maximum atomic E-state index is 14.1. The normalized spacial score (nSPS) is 12.8. The largest absolute Gasteiger partial charge is 0.396 e. The van der Waals surface area contributed by atoms with Gasteiger partial charge in [0.15, 0.2) is 0 Å². The molecule has 0 fully saturated rings. The van der Waals surface area contributed by atoms with Gasteiger partial charge >= 0.3 is 6.18 Å². The molecule has 1 N–H and O–H groups in total. The highest BCUT2D eigenvalue weighted by molar-refractivity contribution is 6.76. The number of rotatable bonds is 12. The highest BCUT2D eigenvalue weighted by Gasteiger charge is 2.31. The number of benzene rings is 1. The number of hydrogen-bond acceptors (Lipinski definition) is 5. The fraction of sp³-hybridized carbons (Fsp3) is 0.462. The van der Waals surface area contributed by atoms with Gasteiger partial charge in [0.05, 0.1) is 29.4 Å². The van der Waals surface area contributed by atoms with Crippen LogP contribution in [0.2, 0.25) is 30.7 Å². The van der Waals surface area contributed by atoms with Crippen molar-refractivity contribution in [2.24, 2.45) is 0 Å². The van der Waals surface area contributed by atoms with Crippen LogP contribution in [0.15, 0.2) is 30.6 Å². The molecule has 0 saturated carbocycles. The molecule has 0 radical (unpaired) electrons. The predicted molar refractivity (Wildman–Crippen MR) is 145 cm³/mol. The Morgan fingerprint density at radius 2 is 2.02 bits per heavy atom. The average Bonchev–Trinajstić information content (AvgIpc) is 3.41. The number of amides is 1. The monoisotopic (exact) mass is 598 g/mol. The highest BCUT2D eigenvalue weighted by Crippen LogP contribution is 2.27. The number of halogens is 5. The second-order valence-corrected chi connectivity index (χ2v) is 16.8. The molecule has 3 rings (SSSR count). The molecule has 0 bridgehead atoms. The number of carbonyl (C=O) groups is 1. The molecule has 0 aliphatic carbocycles. The SMILES string of the molecule is C[C@@H](Cn1ccc(-c2cc(F)c(C#N)c(Cl)c2)n1)NC(=O)Cc1cn(COCC[Si](C)(C)C)c(CC(F)(F)F)n1. The van der Waals surface area contributed by atoms with Crippen molar-refractivity contribution < 1.29 is 27.1 Å². The van der Waals surface area contributed by atoms with Gasteiger partial charge in [-0.15, -0.1) is 0 Å². The van der Waals surface area contributed by atoms with Gasteiger partial charge in [-0.3, -0.25) is 9.48 Å². The molecule has 3 aromatic rings. The van der Waals surface area contributed by atoms with Gasteiger partial charge in [0.1, 0.15) is 36.4 Å². The van der Waals surface area contributed by atoms with Gasteiger partial charge in [0.2, 0.25) is 5.91 Å². The van der Waals surface area contributed by atoms with Crippen LogP contribution in [0, 0.1) is 17.1 Å². The number of aromatic nitrogens is 4. The maximum absolute atomic E-state index is 14.1. The molecule has 1 amide bonds. The lowest BCUT2D eigenvalue weighted by atomic mass is 10.1. The molecule has 0 aliphatic rings. The van der Waals surface area contributed by atoms with Crippen molar-refractivity contribution in [3.05, 3.63) is 58.5 Å². The van der Waals surface area contributed by atoms with E-state index in [0.29, 0.717) is 17.9 Å². The van der Waals surface area contributed by atoms with Crippen LogP contribution in [-0.4, -0.2) is 52.1 Å². The summed E-state index contributed by atoms with van der Waals surface area (Å²) in [7, 11) is -1.35. The topological polar surface area (TPSA) is 97.8 Å². The number of alkyl halides is 3. The van der Waals surface area contributed by atoms with Crippen LogP contribution in [0.5, 0.6) is 0 Å². The molecular formula is C26H31ClF4N6O2Si. The third-order valence-corrected chi connectivity index (χ3v) is 7.80. The van der Waals surface area contributed by atoms with Gasteiger partial charge in [-0.25, -0.2) is 9.37 Å². The van der Waals surface area contributed by atoms with Crippen molar-refractivity contribution >= 4 is 25.6 Å². The van der Waals surface area contributed by atoms with Gasteiger partial charge in [0, 0.05) is 38.7 Å². The minimum Gasteiger partial charge on any atom is -0.361 e. The first kappa shape index (κ1) is 31.3. The number of nitrogens with one attached hydrogen (secondary N) is 1. The predicted octanol–water partition coefficient (Wildman–Crippen LogP) is 5.58. The lowest BCUT2D eigenvalue weighted by Gasteiger charge is -2.16. The van der Waals surface area contributed by atoms with Gasteiger partial charge in [-0.2, -0.15) is 23.5 Å². The van der Waals surface area contributed by atoms with Crippen LogP contribution in [0.4, 0.5) is 17.6 Å². The summed E-state index contributed by atoms with van der Waals surface area (Å²) in [6.45, 7) is 8.93. The molecule has 2 heterocycles. The minimum atomic E-state index is -4.45. The maximum Gasteiger partial charge on any atom is 0.396 e. The van der Waals surface area contributed by atoms with E-state index in [1.165, 1.54) is 22.9 Å². The summed E-state index contributed by atoms with van der Waals surface area (Å²) in [6.07, 6.45) is -2.81. The molecule has 40 heavy (non-hydrogen) atoms. The van der Waals surface area contributed by atoms with Crippen LogP contribution in [0.25, 0.3) is 11.3 Å². The Morgan fingerprint density at radius 3 is 2.65 bits per heavy atom. The van der Waals surface area contributed by atoms with Crippen LogP contribution in [0.1, 0.15) is 24.0 Å². The summed E-state index contributed by atoms with van der Waals surface area (Å²) in [5.74, 6) is -1.37. The summed E-state index contributed by atoms with van der Waals surface area (Å²) in [4.78, 5) is 16.7. The molecule has 14 heteroatoms. The van der Waals surface area contributed by atoms with E-state index in [1.54, 1.807) is 29.9 Å². The minimum absolute atomic E-state index is 0.0216. The van der Waals surface area contributed by atoms with E-state index in [0.717, 1.165) is 6.04 Å². The number of carbonyl (C=O) groups excluding carboxylic acids is 1. The number of ether oxygens (including phenoxy) is 1. The van der Waals surface area contributed by atoms with Crippen molar-refractivity contribution in [2.45, 2.75) is 70.9 Å². The summed E-state index contributed by atoms with van der Waals surface area (Å²) in [5.41, 5.74) is 0.787. The Hall–Kier alpha value is -3.21. The summed E-state index contributed by atoms with van der Waals surface area (Å²) in [5, 5.41) is 16.1. The lowest BCUT2D eigenvalue weighted by Crippen LogP contribution is -2.36. The zero-order chi connectivity index (χ0) is 29.7. The van der Waals surface area contributed by atoms with Crippen LogP contribution < -0.4 is 5.32 Å². The Labute approximate surface area is 235 Å². The van der Waals surface area contributed by atoms with E-state index in [4.69, 9.17) is 21.6 Å². The van der Waals surface area contributed by atoms with E-state index in [1.807, 2.05) is 0 Å². The van der Waals surface area contributed by atoms with E-state index < -0.39 is 32.4 Å². The standard InChI is InChI=1S/C26H31ClF4N6O2Si/c1-17(14-37-6-5-23(35-37)18-9-21(27)20(13-32)22(28)10-18)33-25(38)11-19-15-36(16-39-7-8-40(2,3)4)24(34-19)12-26(29,30)31/h5-6,9-10,15,17H,7-8,11-12,14,16H2,1-4H3,(H,33,38)/t17-/m0/s1. The van der Waals surface area contributed by atoms with Crippen molar-refractivity contribution in [3.8, 4) is 17.3 Å². The van der Waals surface area contributed by atoms with Crippen molar-refractivity contribution in [3.63, 3.8) is 0 Å². The number of nitrogens with zero attached hydrogens (tertiary/aromatic N) is 5. The third kappa shape index (κ3) is 9.46. The summed E-state index contributed by atoms with van der Waals surface area (Å²) in [6, 6.07) is 6.46. The number of hydrogen-bond donors (Lipinski definition) is 1. The lowest BCUT2D eigenvalue weighted by molar-refractivity contribution is -0.129. The smallest absolute Gasteiger partial charge is 0.361 e. The number of imidazole rings is 1. The van der Waals surface area contributed by atoms with Crippen molar-refractivity contribution in [2.75, 3.05) is 6.61 Å². The van der Waals surface area contributed by atoms with Crippen molar-refractivity contribution in [1.29, 1.82) is 5.26 Å². The van der Waals surface area contributed by atoms with Gasteiger partial charge < -0.3 is 14.6 Å². The first-order valence-electron chi connectivity index (χ1n) is 12.6. The second-order valence-electron chi connectivity index (χ2n) is 10.8. The molecule has 0 unspecified atom stereocenters. The van der Waals surface area contributed by atoms with Crippen LogP contribution in [-0.2, 0) is 35.6 Å². The fourth-order valence-electron chi connectivity index (χ4n) is 3.83. The Kier molecular flexibility index (Phi) is 10.2. The Morgan fingerprint density at radius 1 is 1.30 bits per heavy atom. The molecule has 216 valence electrons. The molecule has 1 atom stereocenters. The van der Waals surface area contributed by atoms with Gasteiger partial charge in [0.25, 0.3) is 0 Å². The summed E-state index contributed by atoms with van der Waals surface area (Å²) >= 11 is 5.98. The first-order chi connectivity index (χ1) is 18.6. The Balaban J connectivity index is 1.60. The fourth-order valence-corrected chi connectivity index (χ4v) is 4.84. The molecule has 8 nitrogen and oxygen atoms in total. The molecule has 0 aliphatic heterocycles. The quantitative estimate of drug-likeness (QED) is 0.167. The molecule has 0 saturated heterocycles. The highest BCUT2D eigenvalue weighted by atomic mass is 35.5. The zero-order valence-corrected chi connectivity index (χ0v) is 24.4. The summed E-state index contributed by atoms with van der Waals surface area (Å²) < 4.78 is 61.8.